The zero-order valence-corrected chi connectivity index (χ0v) is 10.9. The summed E-state index contributed by atoms with van der Waals surface area (Å²) in [5, 5.41) is 55.8. The van der Waals surface area contributed by atoms with E-state index < -0.39 is 61.9 Å². The minimum atomic E-state index is -1.72. The summed E-state index contributed by atoms with van der Waals surface area (Å²) in [4.78, 5) is 11.8. The van der Waals surface area contributed by atoms with Crippen molar-refractivity contribution in [2.24, 2.45) is 5.41 Å². The maximum Gasteiger partial charge on any atom is 0.318 e. The van der Waals surface area contributed by atoms with E-state index in [1.807, 2.05) is 0 Å². The van der Waals surface area contributed by atoms with Gasteiger partial charge in [0, 0.05) is 0 Å². The Morgan fingerprint density at radius 2 is 1.65 bits per heavy atom. The summed E-state index contributed by atoms with van der Waals surface area (Å²) in [6, 6.07) is 0. The molecule has 0 spiro atoms. The van der Waals surface area contributed by atoms with Gasteiger partial charge in [-0.25, -0.2) is 0 Å². The minimum absolute atomic E-state index is 0.656. The fourth-order valence-electron chi connectivity index (χ4n) is 1.59. The van der Waals surface area contributed by atoms with Gasteiger partial charge in [0.05, 0.1) is 19.8 Å². The highest BCUT2D eigenvalue weighted by Gasteiger charge is 2.47. The Hall–Kier alpha value is -0.810. The minimum Gasteiger partial charge on any atom is -0.432 e. The number of aliphatic hydroxyl groups excluding tert-OH is 6. The first-order chi connectivity index (χ1) is 9.30. The predicted molar refractivity (Wildman–Crippen MR) is 62.1 cm³/mol. The van der Waals surface area contributed by atoms with Crippen molar-refractivity contribution in [2.75, 3.05) is 19.8 Å². The molecule has 1 fully saturated rings. The SMILES string of the molecule is CC(CO)(CO)C(=O)OC1O[C@H](CO)[C@@H](O)[C@H](O)[C@H]1O. The normalized spacial score (nSPS) is 34.9. The van der Waals surface area contributed by atoms with Gasteiger partial charge in [0.15, 0.2) is 0 Å². The maximum absolute atomic E-state index is 11.8. The summed E-state index contributed by atoms with van der Waals surface area (Å²) in [7, 11) is 0. The van der Waals surface area contributed by atoms with Gasteiger partial charge in [-0.2, -0.15) is 0 Å². The van der Waals surface area contributed by atoms with E-state index >= 15 is 0 Å². The summed E-state index contributed by atoms with van der Waals surface area (Å²) in [5.74, 6) is -1.05. The first kappa shape index (κ1) is 17.2. The van der Waals surface area contributed by atoms with Crippen molar-refractivity contribution in [3.63, 3.8) is 0 Å². The maximum atomic E-state index is 11.8. The lowest BCUT2D eigenvalue weighted by Gasteiger charge is -2.40. The van der Waals surface area contributed by atoms with Crippen LogP contribution in [0.25, 0.3) is 0 Å². The second-order valence-corrected chi connectivity index (χ2v) is 4.98. The number of hydrogen-bond acceptors (Lipinski definition) is 9. The molecule has 0 aliphatic carbocycles. The first-order valence-corrected chi connectivity index (χ1v) is 6.04. The van der Waals surface area contributed by atoms with Crippen molar-refractivity contribution in [1.82, 2.24) is 0 Å². The predicted octanol–water partition coefficient (Wildman–Crippen LogP) is -3.68. The molecule has 0 amide bonds. The number of hydrogen-bond donors (Lipinski definition) is 6. The smallest absolute Gasteiger partial charge is 0.318 e. The van der Waals surface area contributed by atoms with Crippen LogP contribution in [0.4, 0.5) is 0 Å². The summed E-state index contributed by atoms with van der Waals surface area (Å²) in [5.41, 5.74) is -1.60. The Bertz CT molecular complexity index is 328. The van der Waals surface area contributed by atoms with Crippen molar-refractivity contribution >= 4 is 5.97 Å². The van der Waals surface area contributed by atoms with E-state index in [-0.39, 0.29) is 0 Å². The summed E-state index contributed by atoms with van der Waals surface area (Å²) in [6.45, 7) is -0.810. The molecule has 6 N–H and O–H groups in total. The number of esters is 1. The molecule has 5 atom stereocenters. The molecule has 0 aromatic rings. The van der Waals surface area contributed by atoms with Crippen LogP contribution in [0.15, 0.2) is 0 Å². The van der Waals surface area contributed by atoms with E-state index in [1.54, 1.807) is 0 Å². The highest BCUT2D eigenvalue weighted by molar-refractivity contribution is 5.76. The van der Waals surface area contributed by atoms with Crippen molar-refractivity contribution in [3.8, 4) is 0 Å². The van der Waals surface area contributed by atoms with Crippen LogP contribution in [-0.4, -0.2) is 87.1 Å². The fraction of sp³-hybridized carbons (Fsp3) is 0.909. The number of carbonyl (C=O) groups excluding carboxylic acids is 1. The van der Waals surface area contributed by atoms with Crippen molar-refractivity contribution < 1.29 is 44.9 Å². The number of aliphatic hydroxyl groups is 6. The molecule has 118 valence electrons. The van der Waals surface area contributed by atoms with Crippen LogP contribution in [0, 0.1) is 5.41 Å². The molecule has 9 heteroatoms. The fourth-order valence-corrected chi connectivity index (χ4v) is 1.59. The van der Waals surface area contributed by atoms with Crippen molar-refractivity contribution in [2.45, 2.75) is 37.6 Å². The molecule has 0 aromatic carbocycles. The van der Waals surface area contributed by atoms with Crippen LogP contribution < -0.4 is 0 Å². The molecule has 1 aliphatic rings. The van der Waals surface area contributed by atoms with Gasteiger partial charge in [-0.15, -0.1) is 0 Å². The van der Waals surface area contributed by atoms with E-state index in [4.69, 9.17) is 24.8 Å². The first-order valence-electron chi connectivity index (χ1n) is 6.04. The summed E-state index contributed by atoms with van der Waals surface area (Å²) in [6.07, 6.45) is -7.80. The molecular formula is C11H20O9. The quantitative estimate of drug-likeness (QED) is 0.281. The Labute approximate surface area is 115 Å². The van der Waals surface area contributed by atoms with Gasteiger partial charge in [-0.1, -0.05) is 0 Å². The van der Waals surface area contributed by atoms with Crippen molar-refractivity contribution in [3.05, 3.63) is 0 Å². The lowest BCUT2D eigenvalue weighted by Crippen LogP contribution is -2.60. The zero-order chi connectivity index (χ0) is 15.5. The second-order valence-electron chi connectivity index (χ2n) is 4.98. The molecular weight excluding hydrogens is 276 g/mol. The zero-order valence-electron chi connectivity index (χ0n) is 10.9. The van der Waals surface area contributed by atoms with Gasteiger partial charge < -0.3 is 40.1 Å². The molecule has 0 saturated carbocycles. The molecule has 0 aromatic heterocycles. The van der Waals surface area contributed by atoms with E-state index in [2.05, 4.69) is 0 Å². The van der Waals surface area contributed by atoms with E-state index in [0.29, 0.717) is 0 Å². The lowest BCUT2D eigenvalue weighted by molar-refractivity contribution is -0.296. The molecule has 0 bridgehead atoms. The van der Waals surface area contributed by atoms with Crippen LogP contribution in [0.3, 0.4) is 0 Å². The lowest BCUT2D eigenvalue weighted by atomic mass is 9.93. The Balaban J connectivity index is 2.78. The molecule has 0 radical (unpaired) electrons. The van der Waals surface area contributed by atoms with Gasteiger partial charge in [0.1, 0.15) is 29.8 Å². The third kappa shape index (κ3) is 3.26. The molecule has 1 unspecified atom stereocenters. The highest BCUT2D eigenvalue weighted by Crippen LogP contribution is 2.25. The molecule has 1 rings (SSSR count). The van der Waals surface area contributed by atoms with E-state index in [9.17, 15) is 20.1 Å². The average molecular weight is 296 g/mol. The van der Waals surface area contributed by atoms with Crippen LogP contribution >= 0.6 is 0 Å². The third-order valence-electron chi connectivity index (χ3n) is 3.26. The van der Waals surface area contributed by atoms with Crippen LogP contribution in [0.1, 0.15) is 6.92 Å². The Morgan fingerprint density at radius 1 is 1.10 bits per heavy atom. The van der Waals surface area contributed by atoms with E-state index in [1.165, 1.54) is 6.92 Å². The second kappa shape index (κ2) is 6.76. The van der Waals surface area contributed by atoms with Gasteiger partial charge >= 0.3 is 5.97 Å². The highest BCUT2D eigenvalue weighted by atomic mass is 16.7. The molecule has 1 aliphatic heterocycles. The molecule has 20 heavy (non-hydrogen) atoms. The topological polar surface area (TPSA) is 157 Å². The average Bonchev–Trinajstić information content (AvgIpc) is 2.46. The van der Waals surface area contributed by atoms with Crippen molar-refractivity contribution in [1.29, 1.82) is 0 Å². The number of ether oxygens (including phenoxy) is 2. The molecule has 1 saturated heterocycles. The summed E-state index contributed by atoms with van der Waals surface area (Å²) < 4.78 is 9.76. The van der Waals surface area contributed by atoms with Crippen LogP contribution in [0.5, 0.6) is 0 Å². The largest absolute Gasteiger partial charge is 0.432 e. The Kier molecular flexibility index (Phi) is 5.83. The van der Waals surface area contributed by atoms with Crippen LogP contribution in [0.2, 0.25) is 0 Å². The van der Waals surface area contributed by atoms with Crippen LogP contribution in [-0.2, 0) is 14.3 Å². The standard InChI is InChI=1S/C11H20O9/c1-11(3-13,4-14)10(18)20-9-8(17)7(16)6(15)5(2-12)19-9/h5-9,12-17H,2-4H2,1H3/t5-,6-,7+,8-,9?/m1/s1. The molecule has 1 heterocycles. The van der Waals surface area contributed by atoms with E-state index in [0.717, 1.165) is 0 Å². The van der Waals surface area contributed by atoms with Gasteiger partial charge in [-0.05, 0) is 6.92 Å². The van der Waals surface area contributed by atoms with Gasteiger partial charge in [0.25, 0.3) is 0 Å². The van der Waals surface area contributed by atoms with Gasteiger partial charge in [0.2, 0.25) is 6.29 Å². The number of carbonyl (C=O) groups is 1. The summed E-state index contributed by atoms with van der Waals surface area (Å²) >= 11 is 0. The third-order valence-corrected chi connectivity index (χ3v) is 3.26. The number of rotatable bonds is 5. The molecule has 9 nitrogen and oxygen atoms in total. The van der Waals surface area contributed by atoms with Gasteiger partial charge in [-0.3, -0.25) is 4.79 Å². The monoisotopic (exact) mass is 296 g/mol. The Morgan fingerprint density at radius 3 is 2.10 bits per heavy atom.